The average Bonchev–Trinajstić information content (AvgIpc) is 2.64. The highest BCUT2D eigenvalue weighted by Crippen LogP contribution is 2.18. The summed E-state index contributed by atoms with van der Waals surface area (Å²) in [7, 11) is 0. The molecule has 2 aromatic rings. The Morgan fingerprint density at radius 3 is 2.54 bits per heavy atom. The number of halogens is 1. The lowest BCUT2D eigenvalue weighted by Crippen LogP contribution is -2.15. The Morgan fingerprint density at radius 1 is 1.19 bits per heavy atom. The number of carbonyl (C=O) groups is 2. The Kier molecular flexibility index (Phi) is 6.94. The molecule has 132 valence electrons. The molecular weight excluding hydrogens is 398 g/mol. The van der Waals surface area contributed by atoms with Crippen LogP contribution in [-0.2, 0) is 9.53 Å². The maximum absolute atomic E-state index is 12.2. The van der Waals surface area contributed by atoms with Crippen molar-refractivity contribution < 1.29 is 14.3 Å². The molecule has 1 amide bonds. The zero-order chi connectivity index (χ0) is 18.9. The molecule has 0 aliphatic rings. The molecule has 0 unspecified atom stereocenters. The molecule has 2 rings (SSSR count). The van der Waals surface area contributed by atoms with Crippen molar-refractivity contribution in [3.8, 4) is 6.07 Å². The SMILES string of the molecule is CCOC(=O)c1ccccc1N/C=C(/C#N)C(=O)Nc1ccc(Br)cc1. The van der Waals surface area contributed by atoms with Gasteiger partial charge >= 0.3 is 5.97 Å². The average molecular weight is 414 g/mol. The molecule has 0 aliphatic carbocycles. The van der Waals surface area contributed by atoms with E-state index in [1.54, 1.807) is 55.5 Å². The molecule has 0 atom stereocenters. The van der Waals surface area contributed by atoms with Gasteiger partial charge in [-0.05, 0) is 43.3 Å². The number of anilines is 2. The summed E-state index contributed by atoms with van der Waals surface area (Å²) in [4.78, 5) is 24.2. The van der Waals surface area contributed by atoms with Crippen LogP contribution in [0.5, 0.6) is 0 Å². The normalized spacial score (nSPS) is 10.6. The number of rotatable bonds is 6. The Balaban J connectivity index is 2.14. The monoisotopic (exact) mass is 413 g/mol. The number of hydrogen-bond donors (Lipinski definition) is 2. The second-order valence-electron chi connectivity index (χ2n) is 5.04. The van der Waals surface area contributed by atoms with E-state index in [1.165, 1.54) is 6.20 Å². The lowest BCUT2D eigenvalue weighted by Gasteiger charge is -2.09. The Hall–Kier alpha value is -3.11. The van der Waals surface area contributed by atoms with E-state index in [-0.39, 0.29) is 12.2 Å². The summed E-state index contributed by atoms with van der Waals surface area (Å²) in [6, 6.07) is 15.5. The van der Waals surface area contributed by atoms with E-state index in [0.29, 0.717) is 16.9 Å². The molecule has 0 radical (unpaired) electrons. The molecule has 0 saturated carbocycles. The third-order valence-corrected chi connectivity index (χ3v) is 3.79. The quantitative estimate of drug-likeness (QED) is 0.422. The molecule has 0 bridgehead atoms. The minimum atomic E-state index is -0.559. The van der Waals surface area contributed by atoms with Crippen molar-refractivity contribution in [3.63, 3.8) is 0 Å². The van der Waals surface area contributed by atoms with Crippen LogP contribution < -0.4 is 10.6 Å². The molecule has 0 spiro atoms. The highest BCUT2D eigenvalue weighted by molar-refractivity contribution is 9.10. The molecule has 2 aromatic carbocycles. The van der Waals surface area contributed by atoms with Crippen LogP contribution >= 0.6 is 15.9 Å². The molecule has 6 nitrogen and oxygen atoms in total. The number of carbonyl (C=O) groups excluding carboxylic acids is 2. The number of benzene rings is 2. The fraction of sp³-hybridized carbons (Fsp3) is 0.105. The van der Waals surface area contributed by atoms with Gasteiger partial charge in [-0.25, -0.2) is 4.79 Å². The van der Waals surface area contributed by atoms with Gasteiger partial charge in [-0.2, -0.15) is 5.26 Å². The standard InChI is InChI=1S/C19H16BrN3O3/c1-2-26-19(25)16-5-3-4-6-17(16)22-12-13(11-21)18(24)23-15-9-7-14(20)8-10-15/h3-10,12,22H,2H2,1H3,(H,23,24)/b13-12-. The Morgan fingerprint density at radius 2 is 1.88 bits per heavy atom. The minimum Gasteiger partial charge on any atom is -0.462 e. The highest BCUT2D eigenvalue weighted by atomic mass is 79.9. The largest absolute Gasteiger partial charge is 0.462 e. The first-order chi connectivity index (χ1) is 12.5. The van der Waals surface area contributed by atoms with Crippen LogP contribution in [-0.4, -0.2) is 18.5 Å². The van der Waals surface area contributed by atoms with E-state index >= 15 is 0 Å². The number of amides is 1. The summed E-state index contributed by atoms with van der Waals surface area (Å²) >= 11 is 3.31. The number of para-hydroxylation sites is 1. The van der Waals surface area contributed by atoms with Crippen molar-refractivity contribution >= 4 is 39.2 Å². The fourth-order valence-electron chi connectivity index (χ4n) is 2.03. The smallest absolute Gasteiger partial charge is 0.340 e. The molecule has 0 aliphatic heterocycles. The number of ether oxygens (including phenoxy) is 1. The highest BCUT2D eigenvalue weighted by Gasteiger charge is 2.13. The van der Waals surface area contributed by atoms with Crippen LogP contribution in [0.4, 0.5) is 11.4 Å². The van der Waals surface area contributed by atoms with Gasteiger partial charge in [-0.1, -0.05) is 28.1 Å². The Labute approximate surface area is 159 Å². The summed E-state index contributed by atoms with van der Waals surface area (Å²) < 4.78 is 5.87. The van der Waals surface area contributed by atoms with Crippen molar-refractivity contribution in [1.29, 1.82) is 5.26 Å². The van der Waals surface area contributed by atoms with Gasteiger partial charge in [0.15, 0.2) is 0 Å². The molecule has 0 heterocycles. The van der Waals surface area contributed by atoms with Crippen molar-refractivity contribution in [1.82, 2.24) is 0 Å². The van der Waals surface area contributed by atoms with E-state index < -0.39 is 11.9 Å². The van der Waals surface area contributed by atoms with Crippen LogP contribution in [0.2, 0.25) is 0 Å². The lowest BCUT2D eigenvalue weighted by atomic mass is 10.1. The second-order valence-corrected chi connectivity index (χ2v) is 5.96. The first kappa shape index (κ1) is 19.2. The number of nitrogens with one attached hydrogen (secondary N) is 2. The first-order valence-corrected chi connectivity index (χ1v) is 8.54. The number of nitriles is 1. The van der Waals surface area contributed by atoms with Crippen LogP contribution in [0, 0.1) is 11.3 Å². The predicted molar refractivity (Wildman–Crippen MR) is 102 cm³/mol. The third kappa shape index (κ3) is 5.19. The van der Waals surface area contributed by atoms with Gasteiger partial charge in [0.2, 0.25) is 0 Å². The Bertz CT molecular complexity index is 870. The van der Waals surface area contributed by atoms with Crippen molar-refractivity contribution in [2.24, 2.45) is 0 Å². The van der Waals surface area contributed by atoms with Crippen LogP contribution in [0.3, 0.4) is 0 Å². The van der Waals surface area contributed by atoms with Gasteiger partial charge in [0, 0.05) is 16.4 Å². The minimum absolute atomic E-state index is 0.133. The predicted octanol–water partition coefficient (Wildman–Crippen LogP) is 4.08. The third-order valence-electron chi connectivity index (χ3n) is 3.26. The zero-order valence-electron chi connectivity index (χ0n) is 14.0. The van der Waals surface area contributed by atoms with E-state index in [0.717, 1.165) is 4.47 Å². The summed E-state index contributed by atoms with van der Waals surface area (Å²) in [6.45, 7) is 1.97. The van der Waals surface area contributed by atoms with Crippen LogP contribution in [0.25, 0.3) is 0 Å². The van der Waals surface area contributed by atoms with Gasteiger partial charge in [0.1, 0.15) is 11.6 Å². The number of hydrogen-bond acceptors (Lipinski definition) is 5. The van der Waals surface area contributed by atoms with E-state index in [2.05, 4.69) is 26.6 Å². The maximum atomic E-state index is 12.2. The maximum Gasteiger partial charge on any atom is 0.340 e. The van der Waals surface area contributed by atoms with E-state index in [1.807, 2.05) is 6.07 Å². The first-order valence-electron chi connectivity index (χ1n) is 7.75. The van der Waals surface area contributed by atoms with Gasteiger partial charge in [-0.15, -0.1) is 0 Å². The van der Waals surface area contributed by atoms with Crippen molar-refractivity contribution in [2.75, 3.05) is 17.2 Å². The number of nitrogens with zero attached hydrogens (tertiary/aromatic N) is 1. The summed E-state index contributed by atoms with van der Waals surface area (Å²) in [6.07, 6.45) is 1.26. The molecular formula is C19H16BrN3O3. The van der Waals surface area contributed by atoms with E-state index in [4.69, 9.17) is 4.74 Å². The molecule has 7 heteroatoms. The number of esters is 1. The van der Waals surface area contributed by atoms with E-state index in [9.17, 15) is 14.9 Å². The van der Waals surface area contributed by atoms with Gasteiger partial charge in [-0.3, -0.25) is 4.79 Å². The summed E-state index contributed by atoms with van der Waals surface area (Å²) in [5.74, 6) is -1.04. The molecule has 26 heavy (non-hydrogen) atoms. The lowest BCUT2D eigenvalue weighted by molar-refractivity contribution is -0.112. The molecule has 0 aromatic heterocycles. The molecule has 2 N–H and O–H groups in total. The van der Waals surface area contributed by atoms with Crippen LogP contribution in [0.15, 0.2) is 64.8 Å². The van der Waals surface area contributed by atoms with Crippen molar-refractivity contribution in [3.05, 3.63) is 70.3 Å². The van der Waals surface area contributed by atoms with Gasteiger partial charge in [0.25, 0.3) is 5.91 Å². The summed E-state index contributed by atoms with van der Waals surface area (Å²) in [5, 5.41) is 14.7. The van der Waals surface area contributed by atoms with Crippen molar-refractivity contribution in [2.45, 2.75) is 6.92 Å². The second kappa shape index (κ2) is 9.39. The van der Waals surface area contributed by atoms with Gasteiger partial charge < -0.3 is 15.4 Å². The molecule has 0 fully saturated rings. The zero-order valence-corrected chi connectivity index (χ0v) is 15.5. The molecule has 0 saturated heterocycles. The topological polar surface area (TPSA) is 91.2 Å². The van der Waals surface area contributed by atoms with Gasteiger partial charge in [0.05, 0.1) is 17.9 Å². The summed E-state index contributed by atoms with van der Waals surface area (Å²) in [5.41, 5.74) is 1.18. The van der Waals surface area contributed by atoms with Crippen LogP contribution in [0.1, 0.15) is 17.3 Å². The fourth-order valence-corrected chi connectivity index (χ4v) is 2.29.